The van der Waals surface area contributed by atoms with Gasteiger partial charge in [-0.15, -0.1) is 0 Å². The average Bonchev–Trinajstić information content (AvgIpc) is 2.47. The Bertz CT molecular complexity index is 468. The predicted octanol–water partition coefficient (Wildman–Crippen LogP) is -1.09. The largest absolute Gasteiger partial charge is 0.393 e. The molecule has 9 nitrogen and oxygen atoms in total. The number of hydrogen-bond acceptors (Lipinski definition) is 6. The number of urea groups is 1. The van der Waals surface area contributed by atoms with E-state index >= 15 is 0 Å². The highest BCUT2D eigenvalue weighted by molar-refractivity contribution is 5.77. The van der Waals surface area contributed by atoms with E-state index in [2.05, 4.69) is 16.4 Å². The molecule has 0 aromatic rings. The highest BCUT2D eigenvalue weighted by atomic mass is 16.3. The van der Waals surface area contributed by atoms with Gasteiger partial charge in [-0.1, -0.05) is 0 Å². The van der Waals surface area contributed by atoms with Gasteiger partial charge in [-0.25, -0.2) is 4.79 Å². The minimum Gasteiger partial charge on any atom is -0.393 e. The summed E-state index contributed by atoms with van der Waals surface area (Å²) in [5, 5.41) is 31.4. The fraction of sp³-hybridized carbons (Fsp3) is 0.500. The Morgan fingerprint density at radius 3 is 2.19 bits per heavy atom. The van der Waals surface area contributed by atoms with Crippen molar-refractivity contribution in [1.29, 1.82) is 10.5 Å². The first-order valence-electron chi connectivity index (χ1n) is 6.19. The van der Waals surface area contributed by atoms with Gasteiger partial charge in [-0.05, 0) is 25.7 Å². The lowest BCUT2D eigenvalue weighted by Crippen LogP contribution is -2.44. The summed E-state index contributed by atoms with van der Waals surface area (Å²) in [7, 11) is 0. The zero-order chi connectivity index (χ0) is 16.3. The van der Waals surface area contributed by atoms with Gasteiger partial charge >= 0.3 is 6.03 Å². The van der Waals surface area contributed by atoms with Gasteiger partial charge < -0.3 is 21.9 Å². The molecule has 1 rings (SSSR count). The van der Waals surface area contributed by atoms with Gasteiger partial charge in [0.05, 0.1) is 6.10 Å². The Hall–Kier alpha value is -2.78. The van der Waals surface area contributed by atoms with Crippen molar-refractivity contribution in [1.82, 2.24) is 10.6 Å². The van der Waals surface area contributed by atoms with Crippen molar-refractivity contribution in [3.8, 4) is 12.1 Å². The number of nitrogens with two attached hydrogens (primary N) is 2. The fourth-order valence-electron chi connectivity index (χ4n) is 1.77. The number of nitriles is 2. The van der Waals surface area contributed by atoms with E-state index in [0.717, 1.165) is 0 Å². The number of rotatable bonds is 2. The zero-order valence-corrected chi connectivity index (χ0v) is 11.4. The number of primary amides is 1. The Morgan fingerprint density at radius 2 is 1.76 bits per heavy atom. The number of aliphatic hydroxyl groups excluding tert-OH is 1. The molecule has 0 spiro atoms. The molecule has 0 aromatic carbocycles. The molecule has 0 saturated heterocycles. The molecule has 7 N–H and O–H groups in total. The summed E-state index contributed by atoms with van der Waals surface area (Å²) < 4.78 is 0. The van der Waals surface area contributed by atoms with Crippen LogP contribution in [0.2, 0.25) is 0 Å². The van der Waals surface area contributed by atoms with Crippen LogP contribution in [0.4, 0.5) is 4.79 Å². The van der Waals surface area contributed by atoms with Crippen molar-refractivity contribution in [3.63, 3.8) is 0 Å². The van der Waals surface area contributed by atoms with Gasteiger partial charge in [0.15, 0.2) is 5.70 Å². The summed E-state index contributed by atoms with van der Waals surface area (Å²) in [5.74, 6) is 0. The van der Waals surface area contributed by atoms with Crippen molar-refractivity contribution in [2.45, 2.75) is 37.8 Å². The molecule has 114 valence electrons. The van der Waals surface area contributed by atoms with Crippen LogP contribution in [-0.2, 0) is 4.79 Å². The molecule has 1 aliphatic rings. The van der Waals surface area contributed by atoms with E-state index in [9.17, 15) is 9.90 Å². The Labute approximate surface area is 122 Å². The lowest BCUT2D eigenvalue weighted by Gasteiger charge is -2.26. The van der Waals surface area contributed by atoms with Crippen LogP contribution >= 0.6 is 0 Å². The SMILES string of the molecule is N#C/C(N)=C(\C#N)NC(=O)NC1CCC(O)CC1.NC=O. The smallest absolute Gasteiger partial charge is 0.320 e. The third kappa shape index (κ3) is 7.40. The molecule has 0 unspecified atom stereocenters. The molecule has 3 amide bonds. The van der Waals surface area contributed by atoms with Gasteiger partial charge in [0, 0.05) is 6.04 Å². The summed E-state index contributed by atoms with van der Waals surface area (Å²) in [6.07, 6.45) is 2.62. The van der Waals surface area contributed by atoms with E-state index in [1.54, 1.807) is 12.1 Å². The summed E-state index contributed by atoms with van der Waals surface area (Å²) in [6.45, 7) is 0. The zero-order valence-electron chi connectivity index (χ0n) is 11.4. The molecule has 1 fully saturated rings. The van der Waals surface area contributed by atoms with Gasteiger partial charge in [-0.2, -0.15) is 10.5 Å². The fourth-order valence-corrected chi connectivity index (χ4v) is 1.77. The molecule has 0 aromatic heterocycles. The van der Waals surface area contributed by atoms with E-state index < -0.39 is 6.03 Å². The van der Waals surface area contributed by atoms with Crippen molar-refractivity contribution >= 4 is 12.4 Å². The summed E-state index contributed by atoms with van der Waals surface area (Å²) in [5.41, 5.74) is 8.83. The van der Waals surface area contributed by atoms with E-state index in [1.807, 2.05) is 0 Å². The van der Waals surface area contributed by atoms with E-state index in [0.29, 0.717) is 25.7 Å². The number of amides is 3. The topological polar surface area (TPSA) is 178 Å². The van der Waals surface area contributed by atoms with Crippen LogP contribution in [0, 0.1) is 22.7 Å². The second-order valence-corrected chi connectivity index (χ2v) is 4.25. The predicted molar refractivity (Wildman–Crippen MR) is 72.6 cm³/mol. The van der Waals surface area contributed by atoms with Crippen LogP contribution in [0.25, 0.3) is 0 Å². The molecule has 0 bridgehead atoms. The number of nitrogens with zero attached hydrogens (tertiary/aromatic N) is 2. The number of aliphatic hydroxyl groups is 1. The van der Waals surface area contributed by atoms with Crippen LogP contribution in [0.1, 0.15) is 25.7 Å². The minimum absolute atomic E-state index is 0.0309. The first-order valence-corrected chi connectivity index (χ1v) is 6.19. The van der Waals surface area contributed by atoms with Crippen molar-refractivity contribution < 1.29 is 14.7 Å². The number of carbonyl (C=O) groups is 2. The van der Waals surface area contributed by atoms with Crippen molar-refractivity contribution in [2.24, 2.45) is 11.5 Å². The van der Waals surface area contributed by atoms with E-state index in [4.69, 9.17) is 21.1 Å². The molecular formula is C12H18N6O3. The monoisotopic (exact) mass is 294 g/mol. The molecule has 9 heteroatoms. The number of carbonyl (C=O) groups excluding carboxylic acids is 2. The Morgan fingerprint density at radius 1 is 1.24 bits per heavy atom. The maximum absolute atomic E-state index is 11.5. The quantitative estimate of drug-likeness (QED) is 0.319. The Kier molecular flexibility index (Phi) is 8.73. The number of hydrogen-bond donors (Lipinski definition) is 5. The molecule has 0 atom stereocenters. The minimum atomic E-state index is -0.564. The molecule has 21 heavy (non-hydrogen) atoms. The molecule has 1 saturated carbocycles. The maximum atomic E-state index is 11.5. The summed E-state index contributed by atoms with van der Waals surface area (Å²) >= 11 is 0. The highest BCUT2D eigenvalue weighted by Gasteiger charge is 2.21. The third-order valence-electron chi connectivity index (χ3n) is 2.77. The van der Waals surface area contributed by atoms with Crippen LogP contribution in [0.5, 0.6) is 0 Å². The second-order valence-electron chi connectivity index (χ2n) is 4.25. The maximum Gasteiger partial charge on any atom is 0.320 e. The first-order chi connectivity index (χ1) is 9.98. The van der Waals surface area contributed by atoms with Crippen LogP contribution < -0.4 is 22.1 Å². The first kappa shape index (κ1) is 18.2. The third-order valence-corrected chi connectivity index (χ3v) is 2.77. The lowest BCUT2D eigenvalue weighted by atomic mass is 9.93. The van der Waals surface area contributed by atoms with Crippen LogP contribution in [0.15, 0.2) is 11.4 Å². The lowest BCUT2D eigenvalue weighted by molar-refractivity contribution is -0.106. The molecular weight excluding hydrogens is 276 g/mol. The van der Waals surface area contributed by atoms with Crippen molar-refractivity contribution in [3.05, 3.63) is 11.4 Å². The van der Waals surface area contributed by atoms with E-state index in [-0.39, 0.29) is 29.9 Å². The van der Waals surface area contributed by atoms with Gasteiger partial charge in [0.2, 0.25) is 6.41 Å². The van der Waals surface area contributed by atoms with Gasteiger partial charge in [0.25, 0.3) is 0 Å². The molecule has 0 aliphatic heterocycles. The number of nitrogens with one attached hydrogen (secondary N) is 2. The Balaban J connectivity index is 0.00000122. The van der Waals surface area contributed by atoms with E-state index in [1.165, 1.54) is 0 Å². The number of allylic oxidation sites excluding steroid dienone is 2. The molecule has 0 heterocycles. The van der Waals surface area contributed by atoms with Crippen molar-refractivity contribution in [2.75, 3.05) is 0 Å². The van der Waals surface area contributed by atoms with Crippen LogP contribution in [-0.4, -0.2) is 29.7 Å². The average molecular weight is 294 g/mol. The van der Waals surface area contributed by atoms with Crippen LogP contribution in [0.3, 0.4) is 0 Å². The molecule has 1 aliphatic carbocycles. The van der Waals surface area contributed by atoms with Gasteiger partial charge in [0.1, 0.15) is 17.8 Å². The molecule has 0 radical (unpaired) electrons. The summed E-state index contributed by atoms with van der Waals surface area (Å²) in [6, 6.07) is 2.64. The summed E-state index contributed by atoms with van der Waals surface area (Å²) in [4.78, 5) is 20.1. The standard InChI is InChI=1S/C11H15N5O2.CH3NO/c12-5-9(14)10(6-13)16-11(18)15-7-1-3-8(17)4-2-7;2-1-3/h7-8,17H,1-4,14H2,(H2,15,16,18);1H,(H2,2,3)/b10-9-;. The highest BCUT2D eigenvalue weighted by Crippen LogP contribution is 2.18. The van der Waals surface area contributed by atoms with Gasteiger partial charge in [-0.3, -0.25) is 10.1 Å². The normalized spacial score (nSPS) is 21.3. The second kappa shape index (κ2) is 10.1.